The summed E-state index contributed by atoms with van der Waals surface area (Å²) in [5, 5.41) is 6.07. The molecule has 1 amide bonds. The predicted octanol–water partition coefficient (Wildman–Crippen LogP) is 4.34. The number of amides is 1. The average molecular weight is 442 g/mol. The molecule has 1 aromatic heterocycles. The normalized spacial score (nSPS) is 11.3. The fraction of sp³-hybridized carbons (Fsp3) is 0.217. The minimum absolute atomic E-state index is 0.118. The minimum atomic E-state index is -2.84. The lowest BCUT2D eigenvalue weighted by Gasteiger charge is -2.22. The molecule has 0 bridgehead atoms. The second kappa shape index (κ2) is 10.9. The maximum Gasteiger partial charge on any atom is 0.387 e. The first kappa shape index (κ1) is 22.8. The first-order valence-electron chi connectivity index (χ1n) is 9.84. The SMILES string of the molecule is CN=C(NCc1cccc(NC(=O)c2ccco2)c1)N(C)Cc1ccc(OC(F)F)cc1. The van der Waals surface area contributed by atoms with Gasteiger partial charge in [0.25, 0.3) is 5.91 Å². The zero-order valence-electron chi connectivity index (χ0n) is 17.7. The summed E-state index contributed by atoms with van der Waals surface area (Å²) in [4.78, 5) is 18.3. The molecule has 0 atom stereocenters. The largest absolute Gasteiger partial charge is 0.459 e. The Morgan fingerprint density at radius 2 is 1.91 bits per heavy atom. The number of halogens is 2. The Kier molecular flexibility index (Phi) is 7.80. The molecule has 168 valence electrons. The van der Waals surface area contributed by atoms with Crippen LogP contribution in [0.3, 0.4) is 0 Å². The van der Waals surface area contributed by atoms with Crippen molar-refractivity contribution < 1.29 is 22.7 Å². The van der Waals surface area contributed by atoms with Gasteiger partial charge >= 0.3 is 6.61 Å². The van der Waals surface area contributed by atoms with Crippen LogP contribution in [-0.4, -0.2) is 37.5 Å². The van der Waals surface area contributed by atoms with E-state index in [9.17, 15) is 13.6 Å². The molecule has 0 aliphatic carbocycles. The number of ether oxygens (including phenoxy) is 1. The number of carbonyl (C=O) groups excluding carboxylic acids is 1. The van der Waals surface area contributed by atoms with E-state index in [-0.39, 0.29) is 17.4 Å². The van der Waals surface area contributed by atoms with Crippen molar-refractivity contribution in [1.82, 2.24) is 10.2 Å². The molecule has 0 unspecified atom stereocenters. The molecule has 2 N–H and O–H groups in total. The molecule has 1 heterocycles. The predicted molar refractivity (Wildman–Crippen MR) is 118 cm³/mol. The van der Waals surface area contributed by atoms with Gasteiger partial charge in [0.05, 0.1) is 6.26 Å². The topological polar surface area (TPSA) is 79.1 Å². The van der Waals surface area contributed by atoms with Crippen LogP contribution in [0.1, 0.15) is 21.7 Å². The van der Waals surface area contributed by atoms with Gasteiger partial charge in [0.15, 0.2) is 11.7 Å². The molecule has 0 saturated carbocycles. The van der Waals surface area contributed by atoms with E-state index in [1.54, 1.807) is 37.4 Å². The lowest BCUT2D eigenvalue weighted by atomic mass is 10.2. The number of hydrogen-bond donors (Lipinski definition) is 2. The number of rotatable bonds is 8. The van der Waals surface area contributed by atoms with Crippen LogP contribution in [0.4, 0.5) is 14.5 Å². The number of alkyl halides is 2. The number of benzene rings is 2. The summed E-state index contributed by atoms with van der Waals surface area (Å²) in [7, 11) is 3.55. The van der Waals surface area contributed by atoms with E-state index in [4.69, 9.17) is 4.42 Å². The van der Waals surface area contributed by atoms with Crippen molar-refractivity contribution in [1.29, 1.82) is 0 Å². The van der Waals surface area contributed by atoms with Gasteiger partial charge in [-0.05, 0) is 47.5 Å². The van der Waals surface area contributed by atoms with Crippen molar-refractivity contribution in [2.45, 2.75) is 19.7 Å². The van der Waals surface area contributed by atoms with E-state index in [1.165, 1.54) is 18.4 Å². The summed E-state index contributed by atoms with van der Waals surface area (Å²) in [6.45, 7) is -1.83. The molecule has 9 heteroatoms. The van der Waals surface area contributed by atoms with Gasteiger partial charge in [-0.3, -0.25) is 9.79 Å². The quantitative estimate of drug-likeness (QED) is 0.401. The molecule has 7 nitrogen and oxygen atoms in total. The van der Waals surface area contributed by atoms with Gasteiger partial charge in [-0.2, -0.15) is 8.78 Å². The Balaban J connectivity index is 1.55. The van der Waals surface area contributed by atoms with Crippen LogP contribution < -0.4 is 15.4 Å². The number of nitrogens with one attached hydrogen (secondary N) is 2. The molecule has 0 fully saturated rings. The van der Waals surface area contributed by atoms with E-state index in [1.807, 2.05) is 30.1 Å². The molecule has 0 spiro atoms. The fourth-order valence-electron chi connectivity index (χ4n) is 3.05. The van der Waals surface area contributed by atoms with Gasteiger partial charge in [0.2, 0.25) is 0 Å². The molecule has 32 heavy (non-hydrogen) atoms. The number of aliphatic imine (C=N–C) groups is 1. The molecule has 0 aliphatic heterocycles. The third-order valence-corrected chi connectivity index (χ3v) is 4.52. The van der Waals surface area contributed by atoms with Gasteiger partial charge in [-0.1, -0.05) is 24.3 Å². The van der Waals surface area contributed by atoms with E-state index in [0.717, 1.165) is 11.1 Å². The van der Waals surface area contributed by atoms with Crippen molar-refractivity contribution in [3.05, 3.63) is 83.8 Å². The molecule has 2 aromatic carbocycles. The fourth-order valence-corrected chi connectivity index (χ4v) is 3.05. The molecule has 0 aliphatic rings. The lowest BCUT2D eigenvalue weighted by molar-refractivity contribution is -0.0498. The Bertz CT molecular complexity index is 1040. The van der Waals surface area contributed by atoms with Crippen LogP contribution in [0.25, 0.3) is 0 Å². The summed E-state index contributed by atoms with van der Waals surface area (Å²) < 4.78 is 34.0. The van der Waals surface area contributed by atoms with Gasteiger partial charge < -0.3 is 24.7 Å². The van der Waals surface area contributed by atoms with Crippen molar-refractivity contribution in [3.8, 4) is 5.75 Å². The smallest absolute Gasteiger partial charge is 0.387 e. The maximum absolute atomic E-state index is 12.3. The lowest BCUT2D eigenvalue weighted by Crippen LogP contribution is -2.38. The number of hydrogen-bond acceptors (Lipinski definition) is 4. The highest BCUT2D eigenvalue weighted by molar-refractivity contribution is 6.02. The van der Waals surface area contributed by atoms with E-state index in [0.29, 0.717) is 24.7 Å². The molecular formula is C23H24F2N4O3. The second-order valence-corrected chi connectivity index (χ2v) is 6.91. The number of guanidine groups is 1. The van der Waals surface area contributed by atoms with Crippen LogP contribution in [0, 0.1) is 0 Å². The van der Waals surface area contributed by atoms with Crippen LogP contribution in [0.5, 0.6) is 5.75 Å². The molecular weight excluding hydrogens is 418 g/mol. The number of carbonyl (C=O) groups is 1. The van der Waals surface area contributed by atoms with Crippen LogP contribution in [0.2, 0.25) is 0 Å². The Hall–Kier alpha value is -3.88. The zero-order chi connectivity index (χ0) is 22.9. The standard InChI is InChI=1S/C23H24F2N4O3/c1-26-23(29(2)15-16-8-10-19(11-9-16)32-22(24)25)27-14-17-5-3-6-18(13-17)28-21(30)20-7-4-12-31-20/h3-13,22H,14-15H2,1-2H3,(H,26,27)(H,28,30). The van der Waals surface area contributed by atoms with E-state index >= 15 is 0 Å². The molecule has 0 radical (unpaired) electrons. The minimum Gasteiger partial charge on any atom is -0.459 e. The molecule has 3 rings (SSSR count). The van der Waals surface area contributed by atoms with E-state index in [2.05, 4.69) is 20.4 Å². The highest BCUT2D eigenvalue weighted by Gasteiger charge is 2.10. The van der Waals surface area contributed by atoms with Crippen LogP contribution in [-0.2, 0) is 13.1 Å². The first-order chi connectivity index (χ1) is 15.4. The summed E-state index contributed by atoms with van der Waals surface area (Å²) in [5.41, 5.74) is 2.52. The third-order valence-electron chi connectivity index (χ3n) is 4.52. The first-order valence-corrected chi connectivity index (χ1v) is 9.84. The summed E-state index contributed by atoms with van der Waals surface area (Å²) >= 11 is 0. The van der Waals surface area contributed by atoms with E-state index < -0.39 is 6.61 Å². The van der Waals surface area contributed by atoms with Crippen molar-refractivity contribution >= 4 is 17.6 Å². The van der Waals surface area contributed by atoms with Gasteiger partial charge in [0.1, 0.15) is 5.75 Å². The third kappa shape index (κ3) is 6.56. The monoisotopic (exact) mass is 442 g/mol. The summed E-state index contributed by atoms with van der Waals surface area (Å²) in [6, 6.07) is 17.2. The summed E-state index contributed by atoms with van der Waals surface area (Å²) in [5.74, 6) is 0.695. The van der Waals surface area contributed by atoms with Gasteiger partial charge in [0, 0.05) is 32.9 Å². The second-order valence-electron chi connectivity index (χ2n) is 6.91. The average Bonchev–Trinajstić information content (AvgIpc) is 3.31. The number of anilines is 1. The highest BCUT2D eigenvalue weighted by atomic mass is 19.3. The molecule has 0 saturated heterocycles. The Labute approximate surface area is 184 Å². The number of furan rings is 1. The van der Waals surface area contributed by atoms with Crippen molar-refractivity contribution in [2.24, 2.45) is 4.99 Å². The van der Waals surface area contributed by atoms with Gasteiger partial charge in [-0.15, -0.1) is 0 Å². The Morgan fingerprint density at radius 1 is 1.12 bits per heavy atom. The van der Waals surface area contributed by atoms with Crippen LogP contribution >= 0.6 is 0 Å². The molecule has 3 aromatic rings. The van der Waals surface area contributed by atoms with Gasteiger partial charge in [-0.25, -0.2) is 0 Å². The zero-order valence-corrected chi connectivity index (χ0v) is 17.7. The van der Waals surface area contributed by atoms with Crippen LogP contribution in [0.15, 0.2) is 76.3 Å². The maximum atomic E-state index is 12.3. The summed E-state index contributed by atoms with van der Waals surface area (Å²) in [6.07, 6.45) is 1.45. The van der Waals surface area contributed by atoms with Crippen molar-refractivity contribution in [2.75, 3.05) is 19.4 Å². The number of nitrogens with zero attached hydrogens (tertiary/aromatic N) is 2. The van der Waals surface area contributed by atoms with Crippen molar-refractivity contribution in [3.63, 3.8) is 0 Å². The highest BCUT2D eigenvalue weighted by Crippen LogP contribution is 2.16. The Morgan fingerprint density at radius 3 is 2.56 bits per heavy atom.